The molecule has 0 bridgehead atoms. The molecule has 0 rings (SSSR count). The van der Waals surface area contributed by atoms with Gasteiger partial charge in [-0.3, -0.25) is 4.79 Å². The highest BCUT2D eigenvalue weighted by Crippen LogP contribution is 1.99. The Balaban J connectivity index is 3.40. The highest BCUT2D eigenvalue weighted by molar-refractivity contribution is 5.69. The van der Waals surface area contributed by atoms with E-state index in [1.54, 1.807) is 7.11 Å². The van der Waals surface area contributed by atoms with Crippen LogP contribution in [0.2, 0.25) is 0 Å². The van der Waals surface area contributed by atoms with Crippen LogP contribution in [0.25, 0.3) is 0 Å². The second-order valence-corrected chi connectivity index (χ2v) is 2.86. The average molecular weight is 174 g/mol. The van der Waals surface area contributed by atoms with Crippen molar-refractivity contribution in [2.24, 2.45) is 0 Å². The highest BCUT2D eigenvalue weighted by Gasteiger charge is 2.07. The van der Waals surface area contributed by atoms with E-state index in [1.807, 2.05) is 13.8 Å². The Morgan fingerprint density at radius 3 is 2.67 bits per heavy atom. The molecule has 0 radical (unpaired) electrons. The van der Waals surface area contributed by atoms with E-state index >= 15 is 0 Å². The van der Waals surface area contributed by atoms with Gasteiger partial charge >= 0.3 is 5.97 Å². The Hall–Kier alpha value is -0.570. The molecule has 0 aliphatic carbocycles. The van der Waals surface area contributed by atoms with Crippen LogP contribution in [0.1, 0.15) is 33.1 Å². The van der Waals surface area contributed by atoms with Crippen LogP contribution in [0.3, 0.4) is 0 Å². The number of ether oxygens (including phenoxy) is 2. The number of carbonyl (C=O) groups is 1. The molecule has 0 aliphatic rings. The molecule has 0 aromatic carbocycles. The molecule has 0 aliphatic heterocycles. The topological polar surface area (TPSA) is 35.5 Å². The summed E-state index contributed by atoms with van der Waals surface area (Å²) in [5, 5.41) is 0. The van der Waals surface area contributed by atoms with Gasteiger partial charge in [-0.25, -0.2) is 0 Å². The van der Waals surface area contributed by atoms with E-state index in [9.17, 15) is 4.79 Å². The summed E-state index contributed by atoms with van der Waals surface area (Å²) < 4.78 is 9.86. The molecule has 0 saturated carbocycles. The minimum atomic E-state index is -0.126. The molecule has 0 saturated heterocycles. The van der Waals surface area contributed by atoms with Crippen molar-refractivity contribution in [3.63, 3.8) is 0 Å². The molecule has 0 fully saturated rings. The van der Waals surface area contributed by atoms with Gasteiger partial charge in [0.2, 0.25) is 0 Å². The van der Waals surface area contributed by atoms with Gasteiger partial charge in [0.15, 0.2) is 0 Å². The molecule has 3 heteroatoms. The van der Waals surface area contributed by atoms with Crippen LogP contribution in [0.15, 0.2) is 0 Å². The zero-order chi connectivity index (χ0) is 9.40. The Kier molecular flexibility index (Phi) is 6.76. The molecule has 12 heavy (non-hydrogen) atoms. The van der Waals surface area contributed by atoms with Crippen molar-refractivity contribution >= 4 is 5.97 Å². The maximum atomic E-state index is 11.0. The minimum Gasteiger partial charge on any atom is -0.460 e. The van der Waals surface area contributed by atoms with Gasteiger partial charge in [-0.2, -0.15) is 0 Å². The number of hydrogen-bond donors (Lipinski definition) is 0. The van der Waals surface area contributed by atoms with Gasteiger partial charge < -0.3 is 9.47 Å². The lowest BCUT2D eigenvalue weighted by Gasteiger charge is -2.11. The molecular formula is C9H18O3. The monoisotopic (exact) mass is 174 g/mol. The van der Waals surface area contributed by atoms with E-state index in [0.29, 0.717) is 13.0 Å². The predicted molar refractivity (Wildman–Crippen MR) is 47.0 cm³/mol. The summed E-state index contributed by atoms with van der Waals surface area (Å²) in [6, 6.07) is 0. The number of rotatable bonds is 6. The predicted octanol–water partition coefficient (Wildman–Crippen LogP) is 1.75. The van der Waals surface area contributed by atoms with Crippen molar-refractivity contribution in [1.82, 2.24) is 0 Å². The Morgan fingerprint density at radius 2 is 2.17 bits per heavy atom. The van der Waals surface area contributed by atoms with E-state index in [1.165, 1.54) is 0 Å². The first-order valence-corrected chi connectivity index (χ1v) is 4.39. The maximum absolute atomic E-state index is 11.0. The van der Waals surface area contributed by atoms with Crippen molar-refractivity contribution in [2.75, 3.05) is 13.7 Å². The van der Waals surface area contributed by atoms with E-state index in [0.717, 1.165) is 12.8 Å². The van der Waals surface area contributed by atoms with Gasteiger partial charge in [-0.15, -0.1) is 0 Å². The lowest BCUT2D eigenvalue weighted by Crippen LogP contribution is -2.19. The number of unbranched alkanes of at least 4 members (excludes halogenated alkanes) is 1. The van der Waals surface area contributed by atoms with Crippen LogP contribution in [-0.4, -0.2) is 25.8 Å². The van der Waals surface area contributed by atoms with E-state index < -0.39 is 0 Å². The van der Waals surface area contributed by atoms with E-state index in [2.05, 4.69) is 0 Å². The number of methoxy groups -OCH3 is 1. The van der Waals surface area contributed by atoms with Crippen molar-refractivity contribution < 1.29 is 14.3 Å². The molecular weight excluding hydrogens is 156 g/mol. The van der Waals surface area contributed by atoms with Crippen molar-refractivity contribution in [1.29, 1.82) is 0 Å². The number of carbonyl (C=O) groups excluding carboxylic acids is 1. The molecule has 3 nitrogen and oxygen atoms in total. The Labute approximate surface area is 74.0 Å². The highest BCUT2D eigenvalue weighted by atomic mass is 16.6. The van der Waals surface area contributed by atoms with E-state index in [-0.39, 0.29) is 12.1 Å². The van der Waals surface area contributed by atoms with Crippen LogP contribution in [0.5, 0.6) is 0 Å². The third-order valence-electron chi connectivity index (χ3n) is 1.47. The lowest BCUT2D eigenvalue weighted by atomic mass is 10.2. The first-order valence-electron chi connectivity index (χ1n) is 4.39. The first kappa shape index (κ1) is 11.4. The van der Waals surface area contributed by atoms with Gasteiger partial charge in [-0.1, -0.05) is 13.3 Å². The third-order valence-corrected chi connectivity index (χ3v) is 1.47. The Bertz CT molecular complexity index is 123. The molecule has 1 atom stereocenters. The summed E-state index contributed by atoms with van der Waals surface area (Å²) >= 11 is 0. The second-order valence-electron chi connectivity index (χ2n) is 2.86. The average Bonchev–Trinajstić information content (AvgIpc) is 2.01. The van der Waals surface area contributed by atoms with Gasteiger partial charge in [0, 0.05) is 13.5 Å². The Morgan fingerprint density at radius 1 is 1.50 bits per heavy atom. The summed E-state index contributed by atoms with van der Waals surface area (Å²) in [4.78, 5) is 11.0. The van der Waals surface area contributed by atoms with Crippen LogP contribution in [0.4, 0.5) is 0 Å². The third kappa shape index (κ3) is 6.16. The maximum Gasteiger partial charge on any atom is 0.306 e. The normalized spacial score (nSPS) is 12.6. The molecule has 1 unspecified atom stereocenters. The first-order chi connectivity index (χ1) is 5.70. The largest absolute Gasteiger partial charge is 0.460 e. The molecule has 0 spiro atoms. The van der Waals surface area contributed by atoms with Crippen LogP contribution in [-0.2, 0) is 14.3 Å². The van der Waals surface area contributed by atoms with Gasteiger partial charge in [0.05, 0.1) is 6.61 Å². The standard InChI is InChI=1S/C9H18O3/c1-4-5-6-9(10)12-8(2)7-11-3/h8H,4-7H2,1-3H3. The van der Waals surface area contributed by atoms with Gasteiger partial charge in [-0.05, 0) is 13.3 Å². The molecule has 0 amide bonds. The number of esters is 1. The molecule has 72 valence electrons. The fourth-order valence-electron chi connectivity index (χ4n) is 0.873. The van der Waals surface area contributed by atoms with Crippen LogP contribution < -0.4 is 0 Å². The summed E-state index contributed by atoms with van der Waals surface area (Å²) in [7, 11) is 1.59. The molecule has 0 aromatic rings. The molecule has 0 heterocycles. The zero-order valence-corrected chi connectivity index (χ0v) is 8.13. The summed E-state index contributed by atoms with van der Waals surface area (Å²) in [5.41, 5.74) is 0. The van der Waals surface area contributed by atoms with Crippen LogP contribution >= 0.6 is 0 Å². The lowest BCUT2D eigenvalue weighted by molar-refractivity contribution is -0.150. The minimum absolute atomic E-state index is 0.124. The molecule has 0 aromatic heterocycles. The second kappa shape index (κ2) is 7.10. The van der Waals surface area contributed by atoms with Crippen LogP contribution in [0, 0.1) is 0 Å². The van der Waals surface area contributed by atoms with Gasteiger partial charge in [0.25, 0.3) is 0 Å². The summed E-state index contributed by atoms with van der Waals surface area (Å²) in [6.45, 7) is 4.34. The van der Waals surface area contributed by atoms with Gasteiger partial charge in [0.1, 0.15) is 6.10 Å². The fourth-order valence-corrected chi connectivity index (χ4v) is 0.873. The zero-order valence-electron chi connectivity index (χ0n) is 8.13. The quantitative estimate of drug-likeness (QED) is 0.575. The summed E-state index contributed by atoms with van der Waals surface area (Å²) in [5.74, 6) is -0.124. The molecule has 0 N–H and O–H groups in total. The summed E-state index contributed by atoms with van der Waals surface area (Å²) in [6.07, 6.45) is 2.32. The van der Waals surface area contributed by atoms with Crippen molar-refractivity contribution in [3.05, 3.63) is 0 Å². The van der Waals surface area contributed by atoms with Crippen molar-refractivity contribution in [3.8, 4) is 0 Å². The number of hydrogen-bond acceptors (Lipinski definition) is 3. The fraction of sp³-hybridized carbons (Fsp3) is 0.889. The SMILES string of the molecule is CCCCC(=O)OC(C)COC. The van der Waals surface area contributed by atoms with Crippen molar-refractivity contribution in [2.45, 2.75) is 39.2 Å². The smallest absolute Gasteiger partial charge is 0.306 e. The van der Waals surface area contributed by atoms with E-state index in [4.69, 9.17) is 9.47 Å².